The molecule has 1 fully saturated rings. The van der Waals surface area contributed by atoms with Gasteiger partial charge in [0.05, 0.1) is 18.4 Å². The van der Waals surface area contributed by atoms with Crippen molar-refractivity contribution < 1.29 is 0 Å². The number of likely N-dealkylation sites (tertiary alicyclic amines) is 1. The SMILES string of the molecule is Cc1cnn(C[C@@H]2CCCN2Cc2cc(=O)n3ccccc3n2)c1. The van der Waals surface area contributed by atoms with E-state index in [1.165, 1.54) is 12.0 Å². The van der Waals surface area contributed by atoms with Gasteiger partial charge in [0, 0.05) is 31.0 Å². The third-order valence-electron chi connectivity index (χ3n) is 4.65. The van der Waals surface area contributed by atoms with E-state index in [0.717, 1.165) is 25.2 Å². The first-order chi connectivity index (χ1) is 11.7. The van der Waals surface area contributed by atoms with E-state index in [1.54, 1.807) is 16.7 Å². The lowest BCUT2D eigenvalue weighted by Crippen LogP contribution is -2.33. The van der Waals surface area contributed by atoms with Gasteiger partial charge in [-0.05, 0) is 44.0 Å². The fourth-order valence-corrected chi connectivity index (χ4v) is 3.48. The van der Waals surface area contributed by atoms with Crippen molar-refractivity contribution in [1.29, 1.82) is 0 Å². The van der Waals surface area contributed by atoms with Gasteiger partial charge >= 0.3 is 0 Å². The van der Waals surface area contributed by atoms with Crippen LogP contribution in [0.25, 0.3) is 5.65 Å². The third kappa shape index (κ3) is 2.97. The van der Waals surface area contributed by atoms with Gasteiger partial charge in [0.25, 0.3) is 5.56 Å². The molecule has 0 saturated carbocycles. The molecule has 24 heavy (non-hydrogen) atoms. The predicted molar refractivity (Wildman–Crippen MR) is 91.9 cm³/mol. The second-order valence-corrected chi connectivity index (χ2v) is 6.52. The zero-order valence-electron chi connectivity index (χ0n) is 13.8. The molecule has 0 aliphatic carbocycles. The molecule has 0 N–H and O–H groups in total. The molecular weight excluding hydrogens is 302 g/mol. The van der Waals surface area contributed by atoms with Crippen LogP contribution >= 0.6 is 0 Å². The summed E-state index contributed by atoms with van der Waals surface area (Å²) in [6.07, 6.45) is 8.07. The minimum absolute atomic E-state index is 0.0194. The highest BCUT2D eigenvalue weighted by Gasteiger charge is 2.25. The molecule has 6 heteroatoms. The lowest BCUT2D eigenvalue weighted by molar-refractivity contribution is 0.217. The normalized spacial score (nSPS) is 18.5. The zero-order valence-corrected chi connectivity index (χ0v) is 13.8. The molecule has 4 rings (SSSR count). The average molecular weight is 323 g/mol. The topological polar surface area (TPSA) is 55.4 Å². The lowest BCUT2D eigenvalue weighted by Gasteiger charge is -2.24. The van der Waals surface area contributed by atoms with Crippen LogP contribution in [0.2, 0.25) is 0 Å². The van der Waals surface area contributed by atoms with E-state index >= 15 is 0 Å². The van der Waals surface area contributed by atoms with Gasteiger partial charge < -0.3 is 0 Å². The number of fused-ring (bicyclic) bond motifs is 1. The summed E-state index contributed by atoms with van der Waals surface area (Å²) >= 11 is 0. The highest BCUT2D eigenvalue weighted by atomic mass is 16.1. The van der Waals surface area contributed by atoms with Gasteiger partial charge in [-0.3, -0.25) is 18.8 Å². The van der Waals surface area contributed by atoms with Gasteiger partial charge in [-0.1, -0.05) is 6.07 Å². The summed E-state index contributed by atoms with van der Waals surface area (Å²) in [4.78, 5) is 19.3. The summed E-state index contributed by atoms with van der Waals surface area (Å²) in [6, 6.07) is 7.72. The van der Waals surface area contributed by atoms with E-state index in [1.807, 2.05) is 29.1 Å². The molecule has 3 aromatic heterocycles. The highest BCUT2D eigenvalue weighted by molar-refractivity contribution is 5.38. The van der Waals surface area contributed by atoms with E-state index in [9.17, 15) is 4.79 Å². The van der Waals surface area contributed by atoms with Gasteiger partial charge in [0.2, 0.25) is 0 Å². The van der Waals surface area contributed by atoms with Crippen LogP contribution in [0.15, 0.2) is 47.7 Å². The number of pyridine rings is 1. The van der Waals surface area contributed by atoms with Crippen molar-refractivity contribution in [2.24, 2.45) is 0 Å². The Labute approximate surface area is 140 Å². The Balaban J connectivity index is 1.54. The Morgan fingerprint density at radius 1 is 1.33 bits per heavy atom. The number of aromatic nitrogens is 4. The van der Waals surface area contributed by atoms with E-state index in [-0.39, 0.29) is 5.56 Å². The van der Waals surface area contributed by atoms with Crippen LogP contribution in [0.4, 0.5) is 0 Å². The molecule has 1 aliphatic rings. The summed E-state index contributed by atoms with van der Waals surface area (Å²) in [5.41, 5.74) is 2.71. The van der Waals surface area contributed by atoms with Crippen molar-refractivity contribution in [2.45, 2.75) is 38.9 Å². The molecule has 0 spiro atoms. The van der Waals surface area contributed by atoms with Gasteiger partial charge in [-0.25, -0.2) is 4.98 Å². The Bertz CT molecular complexity index is 913. The molecule has 1 saturated heterocycles. The van der Waals surface area contributed by atoms with Gasteiger partial charge in [-0.2, -0.15) is 5.10 Å². The summed E-state index contributed by atoms with van der Waals surface area (Å²) in [7, 11) is 0. The van der Waals surface area contributed by atoms with Crippen molar-refractivity contribution in [2.75, 3.05) is 6.54 Å². The van der Waals surface area contributed by atoms with Crippen LogP contribution in [0.1, 0.15) is 24.1 Å². The summed E-state index contributed by atoms with van der Waals surface area (Å²) in [5.74, 6) is 0. The molecule has 124 valence electrons. The van der Waals surface area contributed by atoms with Crippen molar-refractivity contribution in [3.8, 4) is 0 Å². The number of rotatable bonds is 4. The van der Waals surface area contributed by atoms with E-state index in [0.29, 0.717) is 18.2 Å². The molecule has 0 radical (unpaired) electrons. The molecule has 0 aromatic carbocycles. The summed E-state index contributed by atoms with van der Waals surface area (Å²) in [6.45, 7) is 4.70. The second kappa shape index (κ2) is 6.20. The maximum Gasteiger partial charge on any atom is 0.258 e. The predicted octanol–water partition coefficient (Wildman–Crippen LogP) is 1.86. The fourth-order valence-electron chi connectivity index (χ4n) is 3.48. The molecule has 0 unspecified atom stereocenters. The van der Waals surface area contributed by atoms with E-state index in [4.69, 9.17) is 0 Å². The van der Waals surface area contributed by atoms with Gasteiger partial charge in [0.1, 0.15) is 5.65 Å². The van der Waals surface area contributed by atoms with Crippen molar-refractivity contribution in [3.05, 3.63) is 64.5 Å². The van der Waals surface area contributed by atoms with Crippen molar-refractivity contribution in [1.82, 2.24) is 24.1 Å². The molecular formula is C18H21N5O. The number of hydrogen-bond donors (Lipinski definition) is 0. The minimum Gasteiger partial charge on any atom is -0.293 e. The Kier molecular flexibility index (Phi) is 3.90. The maximum absolute atomic E-state index is 12.2. The molecule has 4 heterocycles. The van der Waals surface area contributed by atoms with Crippen LogP contribution < -0.4 is 5.56 Å². The van der Waals surface area contributed by atoms with E-state index < -0.39 is 0 Å². The number of hydrogen-bond acceptors (Lipinski definition) is 4. The van der Waals surface area contributed by atoms with Crippen molar-refractivity contribution in [3.63, 3.8) is 0 Å². The first kappa shape index (κ1) is 15.1. The van der Waals surface area contributed by atoms with Gasteiger partial charge in [0.15, 0.2) is 0 Å². The third-order valence-corrected chi connectivity index (χ3v) is 4.65. The van der Waals surface area contributed by atoms with Crippen LogP contribution in [0.5, 0.6) is 0 Å². The lowest BCUT2D eigenvalue weighted by atomic mass is 10.2. The van der Waals surface area contributed by atoms with Crippen LogP contribution in [0.3, 0.4) is 0 Å². The Hall–Kier alpha value is -2.47. The quantitative estimate of drug-likeness (QED) is 0.735. The van der Waals surface area contributed by atoms with Crippen molar-refractivity contribution >= 4 is 5.65 Å². The molecule has 1 atom stereocenters. The van der Waals surface area contributed by atoms with Crippen LogP contribution in [0, 0.1) is 6.92 Å². The highest BCUT2D eigenvalue weighted by Crippen LogP contribution is 2.20. The zero-order chi connectivity index (χ0) is 16.5. The average Bonchev–Trinajstić information content (AvgIpc) is 3.17. The standard InChI is InChI=1S/C18H21N5O/c1-14-10-19-22(11-14)13-16-5-4-7-21(16)12-15-9-18(24)23-8-3-2-6-17(23)20-15/h2-3,6,8-11,16H,4-5,7,12-13H2,1H3/t16-/m0/s1. The van der Waals surface area contributed by atoms with E-state index in [2.05, 4.69) is 28.1 Å². The molecule has 1 aliphatic heterocycles. The van der Waals surface area contributed by atoms with Gasteiger partial charge in [-0.15, -0.1) is 0 Å². The number of nitrogens with zero attached hydrogens (tertiary/aromatic N) is 5. The number of aryl methyl sites for hydroxylation is 1. The molecule has 6 nitrogen and oxygen atoms in total. The molecule has 0 amide bonds. The van der Waals surface area contributed by atoms with Crippen LogP contribution in [-0.2, 0) is 13.1 Å². The summed E-state index contributed by atoms with van der Waals surface area (Å²) in [5, 5.41) is 4.40. The first-order valence-electron chi connectivity index (χ1n) is 8.39. The Morgan fingerprint density at radius 3 is 3.08 bits per heavy atom. The molecule has 0 bridgehead atoms. The van der Waals surface area contributed by atoms with Crippen LogP contribution in [-0.4, -0.2) is 36.7 Å². The summed E-state index contributed by atoms with van der Waals surface area (Å²) < 4.78 is 3.60. The first-order valence-corrected chi connectivity index (χ1v) is 8.39. The largest absolute Gasteiger partial charge is 0.293 e. The second-order valence-electron chi connectivity index (χ2n) is 6.52. The monoisotopic (exact) mass is 323 g/mol. The molecule has 3 aromatic rings. The smallest absolute Gasteiger partial charge is 0.258 e. The minimum atomic E-state index is -0.0194. The maximum atomic E-state index is 12.2. The fraction of sp³-hybridized carbons (Fsp3) is 0.389. The Morgan fingerprint density at radius 2 is 2.25 bits per heavy atom.